The van der Waals surface area contributed by atoms with Crippen LogP contribution >= 0.6 is 0 Å². The topological polar surface area (TPSA) is 171 Å². The Morgan fingerprint density at radius 1 is 1.07 bits per heavy atom. The van der Waals surface area contributed by atoms with Crippen LogP contribution in [0.25, 0.3) is 11.0 Å². The second-order valence-corrected chi connectivity index (χ2v) is 12.1. The summed E-state index contributed by atoms with van der Waals surface area (Å²) in [6.45, 7) is -0.843. The number of sulfonamides is 1. The number of aliphatic hydroxyl groups excluding tert-OH is 1. The minimum Gasteiger partial charge on any atom is -0.497 e. The monoisotopic (exact) mass is 635 g/mol. The summed E-state index contributed by atoms with van der Waals surface area (Å²) in [5.41, 5.74) is 7.19. The molecule has 4 aromatic rings. The Balaban J connectivity index is 1.37. The highest BCUT2D eigenvalue weighted by atomic mass is 32.2. The summed E-state index contributed by atoms with van der Waals surface area (Å²) >= 11 is 0. The van der Waals surface area contributed by atoms with Crippen molar-refractivity contribution in [1.29, 1.82) is 0 Å². The quantitative estimate of drug-likeness (QED) is 0.196. The number of aliphatic hydroxyl groups is 1. The Bertz CT molecular complexity index is 1860. The van der Waals surface area contributed by atoms with Crippen molar-refractivity contribution >= 4 is 38.3 Å². The molecule has 0 bridgehead atoms. The van der Waals surface area contributed by atoms with Crippen LogP contribution in [0.15, 0.2) is 105 Å². The predicted molar refractivity (Wildman–Crippen MR) is 167 cm³/mol. The third-order valence-electron chi connectivity index (χ3n) is 7.29. The molecule has 2 heterocycles. The zero-order valence-electron chi connectivity index (χ0n) is 24.4. The molecular weight excluding hydrogens is 602 g/mol. The number of nitrogens with one attached hydrogen (secondary N) is 1. The lowest BCUT2D eigenvalue weighted by atomic mass is 9.93. The van der Waals surface area contributed by atoms with Gasteiger partial charge in [-0.05, 0) is 54.6 Å². The number of nitrogens with two attached hydrogens (primary N) is 1. The number of carbonyl (C=O) groups is 1. The van der Waals surface area contributed by atoms with Crippen LogP contribution in [0.5, 0.6) is 5.75 Å². The molecule has 0 saturated heterocycles. The van der Waals surface area contributed by atoms with Crippen LogP contribution in [0.2, 0.25) is 0 Å². The Hall–Kier alpha value is -4.69. The number of amides is 1. The second-order valence-electron chi connectivity index (χ2n) is 10.2. The van der Waals surface area contributed by atoms with Gasteiger partial charge in [-0.15, -0.1) is 0 Å². The fraction of sp³-hybridized carbons (Fsp3) is 0.250. The van der Waals surface area contributed by atoms with Gasteiger partial charge in [0, 0.05) is 31.0 Å². The summed E-state index contributed by atoms with van der Waals surface area (Å²) < 4.78 is 50.4. The van der Waals surface area contributed by atoms with E-state index in [1.165, 1.54) is 43.7 Å². The maximum atomic E-state index is 13.4. The molecule has 3 aromatic carbocycles. The molecule has 1 aliphatic heterocycles. The number of nitrogens with zero attached hydrogens (tertiary/aromatic N) is 1. The molecular formula is C32H33N3O9S. The number of hydrogen-bond donors (Lipinski definition) is 3. The fourth-order valence-corrected chi connectivity index (χ4v) is 6.34. The van der Waals surface area contributed by atoms with Gasteiger partial charge in [0.25, 0.3) is 5.91 Å². The van der Waals surface area contributed by atoms with Gasteiger partial charge in [0.05, 0.1) is 48.2 Å². The molecule has 12 nitrogen and oxygen atoms in total. The van der Waals surface area contributed by atoms with E-state index in [2.05, 4.69) is 5.32 Å². The predicted octanol–water partition coefficient (Wildman–Crippen LogP) is 3.44. The number of allylic oxidation sites excluding steroid dienone is 1. The molecule has 1 aliphatic rings. The maximum absolute atomic E-state index is 13.4. The summed E-state index contributed by atoms with van der Waals surface area (Å²) in [6.07, 6.45) is 2.00. The fourth-order valence-electron chi connectivity index (χ4n) is 4.93. The van der Waals surface area contributed by atoms with Gasteiger partial charge in [0.2, 0.25) is 16.3 Å². The van der Waals surface area contributed by atoms with E-state index in [0.717, 1.165) is 4.31 Å². The van der Waals surface area contributed by atoms with Gasteiger partial charge in [0.1, 0.15) is 11.3 Å². The van der Waals surface area contributed by atoms with E-state index in [1.54, 1.807) is 48.5 Å². The Labute approximate surface area is 259 Å². The lowest BCUT2D eigenvalue weighted by Crippen LogP contribution is -2.38. The van der Waals surface area contributed by atoms with Crippen LogP contribution in [0.3, 0.4) is 0 Å². The van der Waals surface area contributed by atoms with Crippen LogP contribution in [0.4, 0.5) is 11.4 Å². The van der Waals surface area contributed by atoms with E-state index in [-0.39, 0.29) is 42.2 Å². The summed E-state index contributed by atoms with van der Waals surface area (Å²) in [4.78, 5) is 26.7. The normalized spacial score (nSPS) is 16.6. The third-order valence-corrected chi connectivity index (χ3v) is 9.20. The van der Waals surface area contributed by atoms with Crippen molar-refractivity contribution in [2.24, 2.45) is 0 Å². The molecule has 0 radical (unpaired) electrons. The van der Waals surface area contributed by atoms with E-state index < -0.39 is 34.7 Å². The molecule has 0 saturated carbocycles. The van der Waals surface area contributed by atoms with Gasteiger partial charge in [-0.2, -0.15) is 4.31 Å². The first-order valence-corrected chi connectivity index (χ1v) is 15.6. The SMILES string of the molecule is COc1ccc(S(=O)(=O)N(CCO)CCOC2CC(c3coc4ccccc4c3=O)C=C(C(=O)Nc3ccccc3N)O2)cc1. The molecule has 1 amide bonds. The van der Waals surface area contributed by atoms with Crippen LogP contribution in [-0.4, -0.2) is 63.4 Å². The Morgan fingerprint density at radius 2 is 1.80 bits per heavy atom. The first kappa shape index (κ1) is 31.7. The van der Waals surface area contributed by atoms with Gasteiger partial charge in [-0.25, -0.2) is 8.42 Å². The van der Waals surface area contributed by atoms with E-state index in [9.17, 15) is 23.1 Å². The highest BCUT2D eigenvalue weighted by Crippen LogP contribution is 2.32. The summed E-state index contributed by atoms with van der Waals surface area (Å²) in [6, 6.07) is 19.5. The van der Waals surface area contributed by atoms with Gasteiger partial charge in [-0.1, -0.05) is 24.3 Å². The van der Waals surface area contributed by atoms with Crippen molar-refractivity contribution in [1.82, 2.24) is 4.31 Å². The summed E-state index contributed by atoms with van der Waals surface area (Å²) in [7, 11) is -2.50. The zero-order valence-corrected chi connectivity index (χ0v) is 25.2. The van der Waals surface area contributed by atoms with E-state index in [1.807, 2.05) is 0 Å². The highest BCUT2D eigenvalue weighted by molar-refractivity contribution is 7.89. The lowest BCUT2D eigenvalue weighted by molar-refractivity contribution is -0.143. The van der Waals surface area contributed by atoms with Gasteiger partial charge in [0.15, 0.2) is 11.2 Å². The van der Waals surface area contributed by atoms with Crippen molar-refractivity contribution in [3.05, 3.63) is 107 Å². The first-order valence-electron chi connectivity index (χ1n) is 14.1. The molecule has 5 rings (SSSR count). The Morgan fingerprint density at radius 3 is 2.53 bits per heavy atom. The number of anilines is 2. The number of fused-ring (bicyclic) bond motifs is 1. The van der Waals surface area contributed by atoms with Crippen LogP contribution < -0.4 is 21.2 Å². The van der Waals surface area contributed by atoms with Crippen molar-refractivity contribution in [3.8, 4) is 5.75 Å². The zero-order chi connectivity index (χ0) is 32.0. The number of ether oxygens (including phenoxy) is 3. The maximum Gasteiger partial charge on any atom is 0.290 e. The minimum atomic E-state index is -3.98. The van der Waals surface area contributed by atoms with Gasteiger partial charge in [-0.3, -0.25) is 9.59 Å². The molecule has 0 aliphatic carbocycles. The Kier molecular flexibility index (Phi) is 9.83. The van der Waals surface area contributed by atoms with Crippen LogP contribution in [0.1, 0.15) is 17.9 Å². The average molecular weight is 636 g/mol. The molecule has 4 N–H and O–H groups in total. The molecule has 13 heteroatoms. The standard InChI is InChI=1S/C32H33N3O9S/c1-41-22-10-12-23(13-11-22)45(39,40)35(14-16-36)15-17-42-30-19-21(25-20-43-28-9-5-2-6-24(28)31(25)37)18-29(44-30)32(38)34-27-8-4-3-7-26(27)33/h2-13,18,20-21,30,36H,14-17,19,33H2,1H3,(H,34,38). The average Bonchev–Trinajstić information content (AvgIpc) is 3.05. The molecule has 0 fully saturated rings. The lowest BCUT2D eigenvalue weighted by Gasteiger charge is -2.30. The molecule has 2 atom stereocenters. The number of rotatable bonds is 12. The number of benzene rings is 3. The number of carbonyl (C=O) groups excluding carboxylic acids is 1. The molecule has 1 aromatic heterocycles. The van der Waals surface area contributed by atoms with E-state index in [4.69, 9.17) is 24.4 Å². The molecule has 0 spiro atoms. The van der Waals surface area contributed by atoms with Crippen molar-refractivity contribution < 1.29 is 36.9 Å². The first-order chi connectivity index (χ1) is 21.7. The molecule has 2 unspecified atom stereocenters. The summed E-state index contributed by atoms with van der Waals surface area (Å²) in [5.74, 6) is -0.848. The number of hydrogen-bond acceptors (Lipinski definition) is 10. The van der Waals surface area contributed by atoms with E-state index in [0.29, 0.717) is 33.7 Å². The highest BCUT2D eigenvalue weighted by Gasteiger charge is 2.32. The molecule has 45 heavy (non-hydrogen) atoms. The summed E-state index contributed by atoms with van der Waals surface area (Å²) in [5, 5.41) is 12.7. The van der Waals surface area contributed by atoms with Crippen molar-refractivity contribution in [3.63, 3.8) is 0 Å². The molecule has 236 valence electrons. The minimum absolute atomic E-state index is 0.0239. The number of para-hydroxylation sites is 3. The number of methoxy groups -OCH3 is 1. The third kappa shape index (κ3) is 7.18. The van der Waals surface area contributed by atoms with Crippen molar-refractivity contribution in [2.45, 2.75) is 23.5 Å². The van der Waals surface area contributed by atoms with Crippen LogP contribution in [-0.2, 0) is 24.3 Å². The van der Waals surface area contributed by atoms with Crippen molar-refractivity contribution in [2.75, 3.05) is 44.5 Å². The van der Waals surface area contributed by atoms with Gasteiger partial charge >= 0.3 is 0 Å². The largest absolute Gasteiger partial charge is 0.497 e. The van der Waals surface area contributed by atoms with Gasteiger partial charge < -0.3 is 34.8 Å². The van der Waals surface area contributed by atoms with E-state index >= 15 is 0 Å². The second kappa shape index (κ2) is 13.9. The van der Waals surface area contributed by atoms with Crippen LogP contribution in [0, 0.1) is 0 Å². The smallest absolute Gasteiger partial charge is 0.290 e. The number of nitrogen functional groups attached to an aromatic ring is 1.